The molecule has 1 saturated heterocycles. The summed E-state index contributed by atoms with van der Waals surface area (Å²) in [6, 6.07) is 16.6. The first-order valence-electron chi connectivity index (χ1n) is 10.5. The van der Waals surface area contributed by atoms with Gasteiger partial charge >= 0.3 is 0 Å². The third-order valence-corrected chi connectivity index (χ3v) is 5.48. The number of methoxy groups -OCH3 is 1. The van der Waals surface area contributed by atoms with Gasteiger partial charge in [-0.15, -0.1) is 5.10 Å². The van der Waals surface area contributed by atoms with Crippen molar-refractivity contribution in [1.82, 2.24) is 10.2 Å². The van der Waals surface area contributed by atoms with Gasteiger partial charge in [-0.2, -0.15) is 5.10 Å². The number of nitrogens with one attached hydrogen (secondary N) is 2. The van der Waals surface area contributed by atoms with Crippen molar-refractivity contribution in [3.05, 3.63) is 66.6 Å². The molecular weight excluding hydrogens is 406 g/mol. The van der Waals surface area contributed by atoms with Gasteiger partial charge in [-0.1, -0.05) is 12.1 Å². The Morgan fingerprint density at radius 2 is 1.84 bits per heavy atom. The Morgan fingerprint density at radius 3 is 2.62 bits per heavy atom. The first-order valence-corrected chi connectivity index (χ1v) is 10.5. The lowest BCUT2D eigenvalue weighted by molar-refractivity contribution is 0.0998. The van der Waals surface area contributed by atoms with Gasteiger partial charge in [-0.3, -0.25) is 4.79 Å². The molecule has 0 aliphatic carbocycles. The fourth-order valence-corrected chi connectivity index (χ4v) is 3.85. The van der Waals surface area contributed by atoms with Gasteiger partial charge < -0.3 is 24.7 Å². The molecule has 1 aliphatic heterocycles. The summed E-state index contributed by atoms with van der Waals surface area (Å²) in [6.07, 6.45) is 4.21. The maximum Gasteiger partial charge on any atom is 0.291 e. The molecule has 8 nitrogen and oxygen atoms in total. The number of benzene rings is 2. The third-order valence-electron chi connectivity index (χ3n) is 5.48. The van der Waals surface area contributed by atoms with Gasteiger partial charge in [0.1, 0.15) is 0 Å². The second-order valence-electron chi connectivity index (χ2n) is 7.64. The largest absolute Gasteiger partial charge is 0.493 e. The van der Waals surface area contributed by atoms with E-state index in [1.165, 1.54) is 12.8 Å². The molecule has 1 aliphatic rings. The highest BCUT2D eigenvalue weighted by molar-refractivity contribution is 6.05. The number of carbonyl (C=O) groups excluding carboxylic acids is 1. The minimum absolute atomic E-state index is 0.223. The molecule has 2 aromatic carbocycles. The summed E-state index contributed by atoms with van der Waals surface area (Å²) in [7, 11) is 1.57. The number of hydrogen-bond donors (Lipinski definition) is 2. The Labute approximate surface area is 185 Å². The topological polar surface area (TPSA) is 92.5 Å². The number of furan rings is 1. The number of ether oxygens (including phenoxy) is 1. The molecule has 2 N–H and O–H groups in total. The van der Waals surface area contributed by atoms with Gasteiger partial charge in [0.25, 0.3) is 5.91 Å². The van der Waals surface area contributed by atoms with Gasteiger partial charge in [0, 0.05) is 35.9 Å². The van der Waals surface area contributed by atoms with Crippen molar-refractivity contribution >= 4 is 39.8 Å². The molecule has 162 valence electrons. The maximum atomic E-state index is 12.6. The number of hydrogen-bond acceptors (Lipinski definition) is 7. The number of nitrogens with zero attached hydrogens (tertiary/aromatic N) is 3. The van der Waals surface area contributed by atoms with E-state index in [0.717, 1.165) is 29.9 Å². The van der Waals surface area contributed by atoms with E-state index in [0.29, 0.717) is 22.8 Å². The quantitative estimate of drug-likeness (QED) is 0.454. The SMILES string of the molecule is COc1cccc2cc(C(=O)Nc3ccc(Nc4cc(N5CCCC5)cnn4)cc3)oc12. The van der Waals surface area contributed by atoms with Crippen LogP contribution >= 0.6 is 0 Å². The molecule has 0 bridgehead atoms. The molecule has 5 rings (SSSR count). The van der Waals surface area contributed by atoms with Crippen molar-refractivity contribution in [3.8, 4) is 5.75 Å². The van der Waals surface area contributed by atoms with Crippen LogP contribution in [0.2, 0.25) is 0 Å². The van der Waals surface area contributed by atoms with E-state index in [2.05, 4.69) is 25.7 Å². The Kier molecular flexibility index (Phi) is 5.33. The van der Waals surface area contributed by atoms with Crippen LogP contribution in [0.5, 0.6) is 5.75 Å². The van der Waals surface area contributed by atoms with Crippen LogP contribution in [-0.2, 0) is 0 Å². The van der Waals surface area contributed by atoms with Gasteiger partial charge in [-0.05, 0) is 49.2 Å². The summed E-state index contributed by atoms with van der Waals surface area (Å²) in [6.45, 7) is 2.11. The summed E-state index contributed by atoms with van der Waals surface area (Å²) in [5.74, 6) is 1.17. The second kappa shape index (κ2) is 8.58. The molecule has 2 aromatic heterocycles. The van der Waals surface area contributed by atoms with Crippen LogP contribution in [0.4, 0.5) is 22.9 Å². The third kappa shape index (κ3) is 4.07. The minimum atomic E-state index is -0.326. The first-order chi connectivity index (χ1) is 15.7. The fraction of sp³-hybridized carbons (Fsp3) is 0.208. The van der Waals surface area contributed by atoms with Crippen molar-refractivity contribution in [2.24, 2.45) is 0 Å². The minimum Gasteiger partial charge on any atom is -0.493 e. The number of para-hydroxylation sites is 1. The van der Waals surface area contributed by atoms with E-state index in [9.17, 15) is 4.79 Å². The zero-order chi connectivity index (χ0) is 21.9. The standard InChI is InChI=1S/C24H23N5O3/c1-31-20-6-4-5-16-13-21(32-23(16)20)24(30)27-18-9-7-17(8-10-18)26-22-14-19(15-25-28-22)29-11-2-3-12-29/h4-10,13-15H,2-3,11-12H2,1H3,(H,26,28)(H,27,30). The average Bonchev–Trinajstić information content (AvgIpc) is 3.51. The summed E-state index contributed by atoms with van der Waals surface area (Å²) >= 11 is 0. The van der Waals surface area contributed by atoms with Crippen molar-refractivity contribution in [3.63, 3.8) is 0 Å². The number of amides is 1. The molecular formula is C24H23N5O3. The normalized spacial score (nSPS) is 13.3. The number of fused-ring (bicyclic) bond motifs is 1. The van der Waals surface area contributed by atoms with Crippen LogP contribution in [0.1, 0.15) is 23.4 Å². The molecule has 1 fully saturated rings. The van der Waals surface area contributed by atoms with Crippen LogP contribution in [0.15, 0.2) is 65.2 Å². The van der Waals surface area contributed by atoms with Crippen LogP contribution in [-0.4, -0.2) is 36.3 Å². The molecule has 32 heavy (non-hydrogen) atoms. The average molecular weight is 429 g/mol. The van der Waals surface area contributed by atoms with E-state index in [4.69, 9.17) is 9.15 Å². The van der Waals surface area contributed by atoms with E-state index in [-0.39, 0.29) is 11.7 Å². The lowest BCUT2D eigenvalue weighted by atomic mass is 10.2. The molecule has 0 spiro atoms. The predicted molar refractivity (Wildman–Crippen MR) is 124 cm³/mol. The van der Waals surface area contributed by atoms with Crippen molar-refractivity contribution in [1.29, 1.82) is 0 Å². The predicted octanol–water partition coefficient (Wildman–Crippen LogP) is 4.83. The van der Waals surface area contributed by atoms with Crippen LogP contribution < -0.4 is 20.3 Å². The summed E-state index contributed by atoms with van der Waals surface area (Å²) in [4.78, 5) is 15.0. The van der Waals surface area contributed by atoms with E-state index in [1.54, 1.807) is 25.4 Å². The smallest absolute Gasteiger partial charge is 0.291 e. The van der Waals surface area contributed by atoms with Crippen LogP contribution in [0.3, 0.4) is 0 Å². The number of rotatable bonds is 6. The van der Waals surface area contributed by atoms with E-state index >= 15 is 0 Å². The lowest BCUT2D eigenvalue weighted by Crippen LogP contribution is -2.18. The Balaban J connectivity index is 1.26. The van der Waals surface area contributed by atoms with E-state index in [1.807, 2.05) is 42.5 Å². The van der Waals surface area contributed by atoms with Crippen molar-refractivity contribution in [2.75, 3.05) is 35.7 Å². The van der Waals surface area contributed by atoms with Crippen molar-refractivity contribution in [2.45, 2.75) is 12.8 Å². The molecule has 0 saturated carbocycles. The Hall–Kier alpha value is -4.07. The summed E-state index contributed by atoms with van der Waals surface area (Å²) < 4.78 is 11.0. The molecule has 3 heterocycles. The Bertz CT molecular complexity index is 1250. The Morgan fingerprint density at radius 1 is 1.06 bits per heavy atom. The van der Waals surface area contributed by atoms with Gasteiger partial charge in [-0.25, -0.2) is 0 Å². The van der Waals surface area contributed by atoms with Crippen LogP contribution in [0, 0.1) is 0 Å². The van der Waals surface area contributed by atoms with Crippen LogP contribution in [0.25, 0.3) is 11.0 Å². The molecule has 8 heteroatoms. The number of carbonyl (C=O) groups is 1. The van der Waals surface area contributed by atoms with Gasteiger partial charge in [0.15, 0.2) is 22.9 Å². The molecule has 1 amide bonds. The summed E-state index contributed by atoms with van der Waals surface area (Å²) in [5.41, 5.74) is 3.14. The molecule has 0 unspecified atom stereocenters. The highest BCUT2D eigenvalue weighted by Crippen LogP contribution is 2.29. The second-order valence-corrected chi connectivity index (χ2v) is 7.64. The number of aromatic nitrogens is 2. The van der Waals surface area contributed by atoms with Gasteiger partial charge in [0.2, 0.25) is 0 Å². The molecule has 4 aromatic rings. The zero-order valence-corrected chi connectivity index (χ0v) is 17.7. The lowest BCUT2D eigenvalue weighted by Gasteiger charge is -2.17. The van der Waals surface area contributed by atoms with Gasteiger partial charge in [0.05, 0.1) is 19.0 Å². The molecule has 0 radical (unpaired) electrons. The number of anilines is 4. The highest BCUT2D eigenvalue weighted by atomic mass is 16.5. The first kappa shape index (κ1) is 19.9. The maximum absolute atomic E-state index is 12.6. The highest BCUT2D eigenvalue weighted by Gasteiger charge is 2.16. The zero-order valence-electron chi connectivity index (χ0n) is 17.7. The van der Waals surface area contributed by atoms with Crippen molar-refractivity contribution < 1.29 is 13.9 Å². The monoisotopic (exact) mass is 429 g/mol. The molecule has 0 atom stereocenters. The van der Waals surface area contributed by atoms with E-state index < -0.39 is 0 Å². The fourth-order valence-electron chi connectivity index (χ4n) is 3.85. The summed E-state index contributed by atoms with van der Waals surface area (Å²) in [5, 5.41) is 15.2.